The van der Waals surface area contributed by atoms with Crippen LogP contribution in [0.25, 0.3) is 11.0 Å². The van der Waals surface area contributed by atoms with E-state index in [1.807, 2.05) is 24.3 Å². The first-order chi connectivity index (χ1) is 7.81. The number of hydrogen-bond acceptors (Lipinski definition) is 4. The second-order valence-corrected chi connectivity index (χ2v) is 4.45. The van der Waals surface area contributed by atoms with Crippen LogP contribution in [0.2, 0.25) is 0 Å². The quantitative estimate of drug-likeness (QED) is 0.639. The Kier molecular flexibility index (Phi) is 3.64. The van der Waals surface area contributed by atoms with Crippen LogP contribution in [0.3, 0.4) is 0 Å². The third kappa shape index (κ3) is 2.46. The number of furan rings is 1. The van der Waals surface area contributed by atoms with Crippen LogP contribution >= 0.6 is 11.8 Å². The molecule has 3 nitrogen and oxygen atoms in total. The van der Waals surface area contributed by atoms with Gasteiger partial charge in [0.1, 0.15) is 5.58 Å². The Labute approximate surface area is 97.4 Å². The van der Waals surface area contributed by atoms with Crippen LogP contribution < -0.4 is 0 Å². The molecule has 1 heterocycles. The Morgan fingerprint density at radius 1 is 1.38 bits per heavy atom. The van der Waals surface area contributed by atoms with Crippen LogP contribution in [-0.2, 0) is 0 Å². The van der Waals surface area contributed by atoms with Gasteiger partial charge in [0.2, 0.25) is 5.78 Å². The zero-order chi connectivity index (χ0) is 11.4. The maximum Gasteiger partial charge on any atom is 0.207 e. The fraction of sp³-hybridized carbons (Fsp3) is 0.250. The van der Waals surface area contributed by atoms with Crippen molar-refractivity contribution >= 4 is 28.5 Å². The lowest BCUT2D eigenvalue weighted by Crippen LogP contribution is -2.02. The Morgan fingerprint density at radius 2 is 2.19 bits per heavy atom. The van der Waals surface area contributed by atoms with Gasteiger partial charge in [-0.15, -0.1) is 0 Å². The molecule has 0 atom stereocenters. The van der Waals surface area contributed by atoms with Crippen molar-refractivity contribution in [1.82, 2.24) is 0 Å². The summed E-state index contributed by atoms with van der Waals surface area (Å²) in [4.78, 5) is 11.7. The normalized spacial score (nSPS) is 10.8. The van der Waals surface area contributed by atoms with Crippen LogP contribution in [-0.4, -0.2) is 29.0 Å². The topological polar surface area (TPSA) is 50.4 Å². The van der Waals surface area contributed by atoms with Crippen LogP contribution in [0.5, 0.6) is 0 Å². The van der Waals surface area contributed by atoms with E-state index in [4.69, 9.17) is 9.52 Å². The number of fused-ring (bicyclic) bond motifs is 1. The van der Waals surface area contributed by atoms with Gasteiger partial charge in [-0.3, -0.25) is 4.79 Å². The standard InChI is InChI=1S/C12H12O3S/c13-5-6-16-8-10(14)12-7-9-3-1-2-4-11(9)15-12/h1-4,7,13H,5-6,8H2. The maximum atomic E-state index is 11.7. The zero-order valence-corrected chi connectivity index (χ0v) is 9.50. The summed E-state index contributed by atoms with van der Waals surface area (Å²) in [6.07, 6.45) is 0. The monoisotopic (exact) mass is 236 g/mol. The number of para-hydroxylation sites is 1. The molecule has 0 bridgehead atoms. The Bertz CT molecular complexity index is 457. The van der Waals surface area contributed by atoms with Gasteiger partial charge in [-0.1, -0.05) is 18.2 Å². The summed E-state index contributed by atoms with van der Waals surface area (Å²) >= 11 is 1.41. The maximum absolute atomic E-state index is 11.7. The van der Waals surface area contributed by atoms with Crippen molar-refractivity contribution in [2.75, 3.05) is 18.1 Å². The summed E-state index contributed by atoms with van der Waals surface area (Å²) in [5, 5.41) is 9.55. The van der Waals surface area contributed by atoms with Crippen molar-refractivity contribution in [1.29, 1.82) is 0 Å². The first-order valence-electron chi connectivity index (χ1n) is 5.01. The van der Waals surface area contributed by atoms with Gasteiger partial charge in [0, 0.05) is 11.1 Å². The molecule has 2 rings (SSSR count). The molecule has 2 aromatic rings. The Hall–Kier alpha value is -1.26. The molecule has 0 spiro atoms. The van der Waals surface area contributed by atoms with E-state index in [1.165, 1.54) is 11.8 Å². The van der Waals surface area contributed by atoms with E-state index in [9.17, 15) is 4.79 Å². The molecule has 1 aromatic heterocycles. The second-order valence-electron chi connectivity index (χ2n) is 3.35. The number of benzene rings is 1. The van der Waals surface area contributed by atoms with Gasteiger partial charge in [-0.05, 0) is 12.1 Å². The molecule has 0 saturated heterocycles. The van der Waals surface area contributed by atoms with Crippen molar-refractivity contribution in [3.8, 4) is 0 Å². The van der Waals surface area contributed by atoms with Gasteiger partial charge in [-0.25, -0.2) is 0 Å². The molecule has 0 aliphatic heterocycles. The van der Waals surface area contributed by atoms with Crippen LogP contribution in [0.1, 0.15) is 10.6 Å². The minimum atomic E-state index is -0.0327. The summed E-state index contributed by atoms with van der Waals surface area (Å²) < 4.78 is 5.44. The minimum absolute atomic E-state index is 0.0327. The van der Waals surface area contributed by atoms with Gasteiger partial charge < -0.3 is 9.52 Å². The fourth-order valence-corrected chi connectivity index (χ4v) is 2.02. The largest absolute Gasteiger partial charge is 0.453 e. The van der Waals surface area contributed by atoms with Crippen LogP contribution in [0, 0.1) is 0 Å². The van der Waals surface area contributed by atoms with Gasteiger partial charge in [0.25, 0.3) is 0 Å². The lowest BCUT2D eigenvalue weighted by atomic mass is 10.2. The smallest absolute Gasteiger partial charge is 0.207 e. The highest BCUT2D eigenvalue weighted by Crippen LogP contribution is 2.20. The molecule has 0 fully saturated rings. The predicted molar refractivity (Wildman–Crippen MR) is 65.0 cm³/mol. The number of aliphatic hydroxyl groups is 1. The number of rotatable bonds is 5. The summed E-state index contributed by atoms with van der Waals surface area (Å²) in [7, 11) is 0. The van der Waals surface area contributed by atoms with Gasteiger partial charge in [-0.2, -0.15) is 11.8 Å². The van der Waals surface area contributed by atoms with Gasteiger partial charge >= 0.3 is 0 Å². The SMILES string of the molecule is O=C(CSCCO)c1cc2ccccc2o1. The van der Waals surface area contributed by atoms with E-state index in [0.717, 1.165) is 11.0 Å². The molecule has 0 saturated carbocycles. The van der Waals surface area contributed by atoms with Crippen molar-refractivity contribution in [2.45, 2.75) is 0 Å². The minimum Gasteiger partial charge on any atom is -0.453 e. The van der Waals surface area contributed by atoms with E-state index < -0.39 is 0 Å². The first-order valence-corrected chi connectivity index (χ1v) is 6.17. The van der Waals surface area contributed by atoms with E-state index in [2.05, 4.69) is 0 Å². The van der Waals surface area contributed by atoms with E-state index in [1.54, 1.807) is 6.07 Å². The lowest BCUT2D eigenvalue weighted by molar-refractivity contribution is 0.0994. The number of aliphatic hydroxyl groups excluding tert-OH is 1. The fourth-order valence-electron chi connectivity index (χ4n) is 1.42. The van der Waals surface area contributed by atoms with Gasteiger partial charge in [0.05, 0.1) is 12.4 Å². The van der Waals surface area contributed by atoms with E-state index >= 15 is 0 Å². The van der Waals surface area contributed by atoms with Crippen LogP contribution in [0.15, 0.2) is 34.7 Å². The molecule has 0 radical (unpaired) electrons. The summed E-state index contributed by atoms with van der Waals surface area (Å²) in [6.45, 7) is 0.0953. The Morgan fingerprint density at radius 3 is 2.94 bits per heavy atom. The molecular formula is C12H12O3S. The molecule has 84 valence electrons. The number of Topliss-reactive ketones (excluding diaryl/α,β-unsaturated/α-hetero) is 1. The molecule has 0 aliphatic carbocycles. The van der Waals surface area contributed by atoms with Gasteiger partial charge in [0.15, 0.2) is 5.76 Å². The predicted octanol–water partition coefficient (Wildman–Crippen LogP) is 2.34. The number of hydrogen-bond donors (Lipinski definition) is 1. The molecule has 4 heteroatoms. The lowest BCUT2D eigenvalue weighted by Gasteiger charge is -1.95. The highest BCUT2D eigenvalue weighted by Gasteiger charge is 2.11. The number of thioether (sulfide) groups is 1. The number of carbonyl (C=O) groups excluding carboxylic acids is 1. The molecule has 1 N–H and O–H groups in total. The molecule has 0 amide bonds. The zero-order valence-electron chi connectivity index (χ0n) is 8.68. The first kappa shape index (κ1) is 11.2. The average molecular weight is 236 g/mol. The van der Waals surface area contributed by atoms with E-state index in [-0.39, 0.29) is 12.4 Å². The summed E-state index contributed by atoms with van der Waals surface area (Å²) in [6, 6.07) is 9.30. The van der Waals surface area contributed by atoms with Crippen LogP contribution in [0.4, 0.5) is 0 Å². The number of ketones is 1. The molecule has 0 unspecified atom stereocenters. The number of carbonyl (C=O) groups is 1. The molecule has 0 aliphatic rings. The average Bonchev–Trinajstić information content (AvgIpc) is 2.73. The van der Waals surface area contributed by atoms with Crippen molar-refractivity contribution in [3.63, 3.8) is 0 Å². The highest BCUT2D eigenvalue weighted by atomic mass is 32.2. The van der Waals surface area contributed by atoms with Crippen molar-refractivity contribution < 1.29 is 14.3 Å². The summed E-state index contributed by atoms with van der Waals surface area (Å²) in [5.41, 5.74) is 0.734. The van der Waals surface area contributed by atoms with Crippen molar-refractivity contribution in [3.05, 3.63) is 36.1 Å². The van der Waals surface area contributed by atoms with Crippen molar-refractivity contribution in [2.24, 2.45) is 0 Å². The third-order valence-corrected chi connectivity index (χ3v) is 3.11. The molecule has 1 aromatic carbocycles. The molecular weight excluding hydrogens is 224 g/mol. The third-order valence-electron chi connectivity index (χ3n) is 2.17. The molecule has 16 heavy (non-hydrogen) atoms. The highest BCUT2D eigenvalue weighted by molar-refractivity contribution is 8.00. The second kappa shape index (κ2) is 5.18. The summed E-state index contributed by atoms with van der Waals surface area (Å²) in [5.74, 6) is 1.29. The Balaban J connectivity index is 2.11. The van der Waals surface area contributed by atoms with E-state index in [0.29, 0.717) is 17.3 Å².